The summed E-state index contributed by atoms with van der Waals surface area (Å²) in [7, 11) is -0.877. The van der Waals surface area contributed by atoms with Gasteiger partial charge in [0.25, 0.3) is 15.9 Å². The van der Waals surface area contributed by atoms with E-state index in [2.05, 4.69) is 15.6 Å². The maximum atomic E-state index is 13.6. The molecule has 41 heavy (non-hydrogen) atoms. The Morgan fingerprint density at radius 1 is 1.24 bits per heavy atom. The molecule has 1 aromatic heterocycles. The molecule has 4 rings (SSSR count). The predicted octanol–water partition coefficient (Wildman–Crippen LogP) is 2.74. The molecule has 12 nitrogen and oxygen atoms in total. The lowest BCUT2D eigenvalue weighted by molar-refractivity contribution is 0.0389. The van der Waals surface area contributed by atoms with Crippen LogP contribution in [0.5, 0.6) is 5.75 Å². The molecule has 0 spiro atoms. The number of nitrogens with zero attached hydrogens (tertiary/aromatic N) is 4. The number of amides is 3. The second kappa shape index (κ2) is 12.2. The zero-order valence-electron chi connectivity index (χ0n) is 23.1. The number of hydrogen-bond acceptors (Lipinski definition) is 7. The van der Waals surface area contributed by atoms with E-state index >= 15 is 0 Å². The van der Waals surface area contributed by atoms with E-state index in [0.29, 0.717) is 5.69 Å². The van der Waals surface area contributed by atoms with Crippen LogP contribution in [-0.4, -0.2) is 83.1 Å². The van der Waals surface area contributed by atoms with Gasteiger partial charge in [-0.05, 0) is 43.3 Å². The number of benzene rings is 2. The molecule has 3 atom stereocenters. The van der Waals surface area contributed by atoms with E-state index in [1.165, 1.54) is 53.3 Å². The fourth-order valence-corrected chi connectivity index (χ4v) is 5.55. The molecular formula is C27H33FN6O6S. The number of aliphatic hydroxyl groups excluding tert-OH is 1. The van der Waals surface area contributed by atoms with E-state index in [9.17, 15) is 27.5 Å². The molecule has 1 aliphatic rings. The van der Waals surface area contributed by atoms with Crippen molar-refractivity contribution in [2.24, 2.45) is 13.0 Å². The van der Waals surface area contributed by atoms with E-state index in [4.69, 9.17) is 4.74 Å². The van der Waals surface area contributed by atoms with Crippen LogP contribution in [-0.2, 0) is 17.1 Å². The van der Waals surface area contributed by atoms with Gasteiger partial charge in [0.2, 0.25) is 0 Å². The zero-order valence-corrected chi connectivity index (χ0v) is 23.9. The number of fused-ring (bicyclic) bond motifs is 1. The molecule has 3 amide bonds. The third-order valence-electron chi connectivity index (χ3n) is 6.83. The minimum absolute atomic E-state index is 0.0575. The summed E-state index contributed by atoms with van der Waals surface area (Å²) >= 11 is 0. The summed E-state index contributed by atoms with van der Waals surface area (Å²) in [6.07, 6.45) is 2.02. The van der Waals surface area contributed by atoms with Gasteiger partial charge >= 0.3 is 6.03 Å². The van der Waals surface area contributed by atoms with E-state index in [1.807, 2.05) is 6.92 Å². The number of rotatable bonds is 8. The number of likely N-dealkylation sites (N-methyl/N-ethyl adjacent to an activating group) is 1. The number of halogens is 1. The first-order valence-corrected chi connectivity index (χ1v) is 14.3. The van der Waals surface area contributed by atoms with Crippen molar-refractivity contribution in [2.45, 2.75) is 31.0 Å². The van der Waals surface area contributed by atoms with Gasteiger partial charge < -0.3 is 29.9 Å². The van der Waals surface area contributed by atoms with Crippen LogP contribution in [0.4, 0.5) is 20.6 Å². The molecule has 0 saturated carbocycles. The molecule has 0 bridgehead atoms. The van der Waals surface area contributed by atoms with Gasteiger partial charge in [-0.15, -0.1) is 0 Å². The number of para-hydroxylation sites is 1. The number of carbonyl (C=O) groups is 2. The third kappa shape index (κ3) is 6.66. The number of sulfonamides is 1. The number of aryl methyl sites for hydroxylation is 1. The van der Waals surface area contributed by atoms with Crippen LogP contribution in [0.1, 0.15) is 24.2 Å². The Bertz CT molecular complexity index is 1510. The number of imidazole rings is 1. The minimum atomic E-state index is -3.96. The fourth-order valence-electron chi connectivity index (χ4n) is 4.41. The maximum Gasteiger partial charge on any atom is 0.323 e. The second-order valence-corrected chi connectivity index (χ2v) is 12.0. The smallest absolute Gasteiger partial charge is 0.323 e. The molecule has 2 aromatic carbocycles. The fraction of sp³-hybridized carbons (Fsp3) is 0.370. The number of anilines is 2. The quantitative estimate of drug-likeness (QED) is 0.367. The predicted molar refractivity (Wildman–Crippen MR) is 150 cm³/mol. The Morgan fingerprint density at radius 3 is 2.59 bits per heavy atom. The Kier molecular flexibility index (Phi) is 8.95. The van der Waals surface area contributed by atoms with Crippen LogP contribution >= 0.6 is 0 Å². The number of aromatic nitrogens is 2. The number of ether oxygens (including phenoxy) is 1. The van der Waals surface area contributed by atoms with E-state index < -0.39 is 39.9 Å². The summed E-state index contributed by atoms with van der Waals surface area (Å²) < 4.78 is 48.7. The SMILES string of the molecule is C[C@H]1CN([C@@H](C)CO)C(=O)c2cccc(NC(=O)Nc3ccc(F)cc3)c2O[C@H]1CN(C)S(=O)(=O)c1cn(C)cn1. The molecule has 2 heterocycles. The highest BCUT2D eigenvalue weighted by molar-refractivity contribution is 7.89. The Balaban J connectivity index is 1.68. The van der Waals surface area contributed by atoms with Crippen LogP contribution in [0, 0.1) is 11.7 Å². The minimum Gasteiger partial charge on any atom is -0.486 e. The van der Waals surface area contributed by atoms with Gasteiger partial charge in [-0.3, -0.25) is 4.79 Å². The molecule has 3 N–H and O–H groups in total. The normalized spacial score (nSPS) is 18.2. The van der Waals surface area contributed by atoms with Crippen molar-refractivity contribution in [1.82, 2.24) is 18.8 Å². The monoisotopic (exact) mass is 588 g/mol. The molecule has 0 unspecified atom stereocenters. The van der Waals surface area contributed by atoms with Crippen molar-refractivity contribution in [3.63, 3.8) is 0 Å². The lowest BCUT2D eigenvalue weighted by atomic mass is 9.99. The molecular weight excluding hydrogens is 555 g/mol. The standard InChI is InChI=1S/C27H33FN6O6S/c1-17-12-34(18(2)15-35)26(36)21-6-5-7-22(31-27(37)30-20-10-8-19(28)9-11-20)25(21)40-23(17)13-33(4)41(38,39)24-14-32(3)16-29-24/h5-11,14,16-18,23,35H,12-13,15H2,1-4H3,(H2,30,31,37)/t17-,18-,23-/m0/s1. The third-order valence-corrected chi connectivity index (χ3v) is 8.54. The number of aliphatic hydroxyl groups is 1. The molecule has 220 valence electrons. The van der Waals surface area contributed by atoms with Gasteiger partial charge in [0.1, 0.15) is 11.9 Å². The highest BCUT2D eigenvalue weighted by atomic mass is 32.2. The van der Waals surface area contributed by atoms with Crippen LogP contribution in [0.25, 0.3) is 0 Å². The number of hydrogen-bond donors (Lipinski definition) is 3. The summed E-state index contributed by atoms with van der Waals surface area (Å²) in [6, 6.07) is 8.66. The molecule has 1 aliphatic heterocycles. The summed E-state index contributed by atoms with van der Waals surface area (Å²) in [6.45, 7) is 3.33. The average Bonchev–Trinajstić information content (AvgIpc) is 3.38. The Labute approximate surface area is 237 Å². The summed E-state index contributed by atoms with van der Waals surface area (Å²) in [5.41, 5.74) is 0.647. The van der Waals surface area contributed by atoms with Crippen molar-refractivity contribution in [2.75, 3.05) is 37.4 Å². The lowest BCUT2D eigenvalue weighted by Gasteiger charge is -2.38. The van der Waals surface area contributed by atoms with Crippen LogP contribution in [0.3, 0.4) is 0 Å². The molecule has 0 fully saturated rings. The van der Waals surface area contributed by atoms with Crippen molar-refractivity contribution in [3.05, 3.63) is 66.4 Å². The van der Waals surface area contributed by atoms with Gasteiger partial charge in [-0.1, -0.05) is 13.0 Å². The van der Waals surface area contributed by atoms with Crippen LogP contribution < -0.4 is 15.4 Å². The van der Waals surface area contributed by atoms with Gasteiger partial charge in [0.05, 0.1) is 36.8 Å². The van der Waals surface area contributed by atoms with Gasteiger partial charge in [0.15, 0.2) is 10.8 Å². The van der Waals surface area contributed by atoms with E-state index in [1.54, 1.807) is 32.2 Å². The maximum absolute atomic E-state index is 13.6. The summed E-state index contributed by atoms with van der Waals surface area (Å²) in [5, 5.41) is 15.0. The largest absolute Gasteiger partial charge is 0.486 e. The van der Waals surface area contributed by atoms with Gasteiger partial charge in [-0.25, -0.2) is 22.6 Å². The molecule has 14 heteroatoms. The lowest BCUT2D eigenvalue weighted by Crippen LogP contribution is -2.50. The molecule has 0 radical (unpaired) electrons. The van der Waals surface area contributed by atoms with Gasteiger partial charge in [0, 0.05) is 38.4 Å². The highest BCUT2D eigenvalue weighted by Crippen LogP contribution is 2.35. The molecule has 3 aromatic rings. The Hall–Kier alpha value is -4.01. The van der Waals surface area contributed by atoms with Crippen molar-refractivity contribution in [1.29, 1.82) is 0 Å². The van der Waals surface area contributed by atoms with Gasteiger partial charge in [-0.2, -0.15) is 4.31 Å². The first-order chi connectivity index (χ1) is 19.4. The number of nitrogens with one attached hydrogen (secondary N) is 2. The molecule has 0 saturated heterocycles. The first kappa shape index (κ1) is 30.0. The van der Waals surface area contributed by atoms with E-state index in [0.717, 1.165) is 4.31 Å². The number of urea groups is 1. The second-order valence-electron chi connectivity index (χ2n) is 10.1. The average molecular weight is 589 g/mol. The van der Waals surface area contributed by atoms with Crippen molar-refractivity contribution >= 4 is 33.3 Å². The first-order valence-electron chi connectivity index (χ1n) is 12.9. The van der Waals surface area contributed by atoms with Crippen molar-refractivity contribution in [3.8, 4) is 5.75 Å². The topological polar surface area (TPSA) is 146 Å². The Morgan fingerprint density at radius 2 is 1.95 bits per heavy atom. The zero-order chi connectivity index (χ0) is 29.9. The summed E-state index contributed by atoms with van der Waals surface area (Å²) in [4.78, 5) is 31.9. The van der Waals surface area contributed by atoms with Crippen LogP contribution in [0.15, 0.2) is 60.0 Å². The van der Waals surface area contributed by atoms with Crippen LogP contribution in [0.2, 0.25) is 0 Å². The van der Waals surface area contributed by atoms with Crippen molar-refractivity contribution < 1.29 is 32.2 Å². The number of carbonyl (C=O) groups excluding carboxylic acids is 2. The summed E-state index contributed by atoms with van der Waals surface area (Å²) in [5.74, 6) is -1.20. The highest BCUT2D eigenvalue weighted by Gasteiger charge is 2.36. The molecule has 0 aliphatic carbocycles. The van der Waals surface area contributed by atoms with E-state index in [-0.39, 0.29) is 47.6 Å².